The smallest absolute Gasteiger partial charge is 0.261 e. The van der Waals surface area contributed by atoms with Crippen molar-refractivity contribution >= 4 is 5.91 Å². The zero-order valence-electron chi connectivity index (χ0n) is 12.2. The molecular weight excluding hydrogens is 254 g/mol. The van der Waals surface area contributed by atoms with Crippen molar-refractivity contribution in [3.8, 4) is 5.75 Å². The average molecular weight is 277 g/mol. The van der Waals surface area contributed by atoms with Crippen LogP contribution in [0.3, 0.4) is 0 Å². The van der Waals surface area contributed by atoms with Gasteiger partial charge in [0, 0.05) is 13.2 Å². The fourth-order valence-electron chi connectivity index (χ4n) is 2.31. The quantitative estimate of drug-likeness (QED) is 0.869. The summed E-state index contributed by atoms with van der Waals surface area (Å²) in [6.45, 7) is 5.33. The van der Waals surface area contributed by atoms with Gasteiger partial charge in [0.05, 0.1) is 6.10 Å². The van der Waals surface area contributed by atoms with E-state index >= 15 is 0 Å². The second-order valence-corrected chi connectivity index (χ2v) is 5.21. The molecule has 2 unspecified atom stereocenters. The maximum atomic E-state index is 12.1. The van der Waals surface area contributed by atoms with Gasteiger partial charge in [-0.05, 0) is 43.9 Å². The van der Waals surface area contributed by atoms with E-state index in [9.17, 15) is 4.79 Å². The first-order valence-corrected chi connectivity index (χ1v) is 7.31. The molecule has 1 heterocycles. The molecule has 20 heavy (non-hydrogen) atoms. The van der Waals surface area contributed by atoms with E-state index in [0.29, 0.717) is 13.0 Å². The highest BCUT2D eigenvalue weighted by molar-refractivity contribution is 5.81. The normalized spacial score (nSPS) is 19.6. The van der Waals surface area contributed by atoms with Crippen LogP contribution in [0.4, 0.5) is 0 Å². The van der Waals surface area contributed by atoms with Gasteiger partial charge in [0.2, 0.25) is 0 Å². The first kappa shape index (κ1) is 14.9. The molecule has 1 N–H and O–H groups in total. The van der Waals surface area contributed by atoms with E-state index in [2.05, 4.69) is 5.32 Å². The highest BCUT2D eigenvalue weighted by Crippen LogP contribution is 2.16. The molecule has 1 aromatic carbocycles. The highest BCUT2D eigenvalue weighted by atomic mass is 16.5. The summed E-state index contributed by atoms with van der Waals surface area (Å²) < 4.78 is 11.3. The molecule has 110 valence electrons. The standard InChI is InChI=1S/C16H23NO3/c1-3-15(20-13-7-4-6-12(2)10-13)16(18)17-11-14-8-5-9-19-14/h4,6-7,10,14-15H,3,5,8-9,11H2,1-2H3,(H,17,18). The minimum atomic E-state index is -0.446. The van der Waals surface area contributed by atoms with Gasteiger partial charge in [-0.15, -0.1) is 0 Å². The second kappa shape index (κ2) is 7.29. The van der Waals surface area contributed by atoms with Crippen molar-refractivity contribution in [2.24, 2.45) is 0 Å². The zero-order chi connectivity index (χ0) is 14.4. The van der Waals surface area contributed by atoms with E-state index in [1.54, 1.807) is 0 Å². The van der Waals surface area contributed by atoms with Crippen LogP contribution in [0.2, 0.25) is 0 Å². The fourth-order valence-corrected chi connectivity index (χ4v) is 2.31. The Hall–Kier alpha value is -1.55. The first-order chi connectivity index (χ1) is 9.69. The van der Waals surface area contributed by atoms with Crippen LogP contribution in [0.15, 0.2) is 24.3 Å². The van der Waals surface area contributed by atoms with Gasteiger partial charge < -0.3 is 14.8 Å². The summed E-state index contributed by atoms with van der Waals surface area (Å²) >= 11 is 0. The lowest BCUT2D eigenvalue weighted by atomic mass is 10.2. The molecule has 0 saturated carbocycles. The number of aryl methyl sites for hydroxylation is 1. The summed E-state index contributed by atoms with van der Waals surface area (Å²) in [5.74, 6) is 0.675. The molecule has 0 spiro atoms. The summed E-state index contributed by atoms with van der Waals surface area (Å²) in [6, 6.07) is 7.76. The third-order valence-electron chi connectivity index (χ3n) is 3.46. The van der Waals surface area contributed by atoms with Gasteiger partial charge in [0.15, 0.2) is 6.10 Å². The molecular formula is C16H23NO3. The Kier molecular flexibility index (Phi) is 5.41. The molecule has 2 atom stereocenters. The van der Waals surface area contributed by atoms with Gasteiger partial charge in [-0.1, -0.05) is 19.1 Å². The molecule has 4 heteroatoms. The van der Waals surface area contributed by atoms with Crippen molar-refractivity contribution in [1.29, 1.82) is 0 Å². The number of hydrogen-bond acceptors (Lipinski definition) is 3. The van der Waals surface area contributed by atoms with Crippen LogP contribution < -0.4 is 10.1 Å². The monoisotopic (exact) mass is 277 g/mol. The van der Waals surface area contributed by atoms with Gasteiger partial charge in [0.25, 0.3) is 5.91 Å². The Morgan fingerprint density at radius 1 is 1.55 bits per heavy atom. The van der Waals surface area contributed by atoms with Crippen molar-refractivity contribution < 1.29 is 14.3 Å². The van der Waals surface area contributed by atoms with E-state index in [4.69, 9.17) is 9.47 Å². The van der Waals surface area contributed by atoms with Gasteiger partial charge in [-0.3, -0.25) is 4.79 Å². The van der Waals surface area contributed by atoms with E-state index < -0.39 is 6.10 Å². The van der Waals surface area contributed by atoms with Gasteiger partial charge in [-0.2, -0.15) is 0 Å². The van der Waals surface area contributed by atoms with Gasteiger partial charge in [0.1, 0.15) is 5.75 Å². The summed E-state index contributed by atoms with van der Waals surface area (Å²) in [4.78, 5) is 12.1. The van der Waals surface area contributed by atoms with Crippen LogP contribution in [0.1, 0.15) is 31.7 Å². The minimum Gasteiger partial charge on any atom is -0.481 e. The number of rotatable bonds is 6. The average Bonchev–Trinajstić information content (AvgIpc) is 2.95. The number of benzene rings is 1. The molecule has 1 aliphatic heterocycles. The SMILES string of the molecule is CCC(Oc1cccc(C)c1)C(=O)NCC1CCCO1. The van der Waals surface area contributed by atoms with Crippen LogP contribution in [-0.2, 0) is 9.53 Å². The minimum absolute atomic E-state index is 0.0653. The topological polar surface area (TPSA) is 47.6 Å². The number of nitrogens with one attached hydrogen (secondary N) is 1. The molecule has 0 radical (unpaired) electrons. The largest absolute Gasteiger partial charge is 0.481 e. The molecule has 0 aromatic heterocycles. The van der Waals surface area contributed by atoms with Crippen LogP contribution in [0, 0.1) is 6.92 Å². The summed E-state index contributed by atoms with van der Waals surface area (Å²) in [6.07, 6.45) is 2.46. The zero-order valence-corrected chi connectivity index (χ0v) is 12.2. The van der Waals surface area contributed by atoms with Crippen molar-refractivity contribution in [1.82, 2.24) is 5.32 Å². The molecule has 2 rings (SSSR count). The van der Waals surface area contributed by atoms with Crippen molar-refractivity contribution in [2.75, 3.05) is 13.2 Å². The van der Waals surface area contributed by atoms with Crippen LogP contribution in [0.25, 0.3) is 0 Å². The predicted molar refractivity (Wildman–Crippen MR) is 77.9 cm³/mol. The third kappa shape index (κ3) is 4.23. The molecule has 1 fully saturated rings. The molecule has 0 bridgehead atoms. The molecule has 1 aromatic rings. The lowest BCUT2D eigenvalue weighted by molar-refractivity contribution is -0.128. The maximum Gasteiger partial charge on any atom is 0.261 e. The lowest BCUT2D eigenvalue weighted by Gasteiger charge is -2.18. The van der Waals surface area contributed by atoms with E-state index in [0.717, 1.165) is 30.8 Å². The van der Waals surface area contributed by atoms with Crippen LogP contribution >= 0.6 is 0 Å². The van der Waals surface area contributed by atoms with Crippen molar-refractivity contribution in [3.63, 3.8) is 0 Å². The van der Waals surface area contributed by atoms with Crippen LogP contribution in [0.5, 0.6) is 5.75 Å². The van der Waals surface area contributed by atoms with Crippen molar-refractivity contribution in [3.05, 3.63) is 29.8 Å². The first-order valence-electron chi connectivity index (χ1n) is 7.31. The molecule has 1 amide bonds. The molecule has 1 saturated heterocycles. The Morgan fingerprint density at radius 3 is 3.05 bits per heavy atom. The highest BCUT2D eigenvalue weighted by Gasteiger charge is 2.21. The number of amides is 1. The summed E-state index contributed by atoms with van der Waals surface area (Å²) in [5, 5.41) is 2.92. The van der Waals surface area contributed by atoms with E-state index in [1.165, 1.54) is 0 Å². The van der Waals surface area contributed by atoms with Crippen molar-refractivity contribution in [2.45, 2.75) is 45.3 Å². The number of ether oxygens (including phenoxy) is 2. The summed E-state index contributed by atoms with van der Waals surface area (Å²) in [7, 11) is 0. The number of carbonyl (C=O) groups excluding carboxylic acids is 1. The maximum absolute atomic E-state index is 12.1. The molecule has 1 aliphatic rings. The Morgan fingerprint density at radius 2 is 2.40 bits per heavy atom. The van der Waals surface area contributed by atoms with E-state index in [1.807, 2.05) is 38.1 Å². The molecule has 4 nitrogen and oxygen atoms in total. The second-order valence-electron chi connectivity index (χ2n) is 5.21. The molecule has 0 aliphatic carbocycles. The third-order valence-corrected chi connectivity index (χ3v) is 3.46. The predicted octanol–water partition coefficient (Wildman–Crippen LogP) is 2.45. The van der Waals surface area contributed by atoms with E-state index in [-0.39, 0.29) is 12.0 Å². The lowest BCUT2D eigenvalue weighted by Crippen LogP contribution is -2.41. The number of hydrogen-bond donors (Lipinski definition) is 1. The van der Waals surface area contributed by atoms with Gasteiger partial charge >= 0.3 is 0 Å². The Balaban J connectivity index is 1.85. The van der Waals surface area contributed by atoms with Gasteiger partial charge in [-0.25, -0.2) is 0 Å². The number of carbonyl (C=O) groups is 1. The summed E-state index contributed by atoms with van der Waals surface area (Å²) in [5.41, 5.74) is 1.12. The van der Waals surface area contributed by atoms with Crippen LogP contribution in [-0.4, -0.2) is 31.3 Å². The Labute approximate surface area is 120 Å². The Bertz CT molecular complexity index is 441. The fraction of sp³-hybridized carbons (Fsp3) is 0.562.